The second-order valence-corrected chi connectivity index (χ2v) is 5.66. The Labute approximate surface area is 126 Å². The minimum absolute atomic E-state index is 0.394. The normalized spacial score (nSPS) is 17.3. The highest BCUT2D eigenvalue weighted by Crippen LogP contribution is 2.32. The van der Waals surface area contributed by atoms with Gasteiger partial charge >= 0.3 is 0 Å². The van der Waals surface area contributed by atoms with Crippen molar-refractivity contribution in [2.45, 2.75) is 38.8 Å². The molecular weight excluding hydrogens is 260 g/mol. The minimum Gasteiger partial charge on any atom is -0.497 e. The lowest BCUT2D eigenvalue weighted by Gasteiger charge is -2.27. The van der Waals surface area contributed by atoms with Crippen LogP contribution in [-0.4, -0.2) is 12.1 Å². The van der Waals surface area contributed by atoms with E-state index < -0.39 is 0 Å². The molecule has 3 heteroatoms. The maximum absolute atomic E-state index is 5.37. The van der Waals surface area contributed by atoms with Crippen molar-refractivity contribution in [1.82, 2.24) is 10.3 Å². The lowest BCUT2D eigenvalue weighted by atomic mass is 9.87. The average Bonchev–Trinajstić information content (AvgIpc) is 2.53. The van der Waals surface area contributed by atoms with E-state index in [4.69, 9.17) is 4.74 Å². The maximum atomic E-state index is 5.37. The predicted octanol–water partition coefficient (Wildman–Crippen LogP) is 3.57. The molecule has 0 bridgehead atoms. The highest BCUT2D eigenvalue weighted by molar-refractivity contribution is 5.39. The van der Waals surface area contributed by atoms with Crippen LogP contribution >= 0.6 is 0 Å². The van der Waals surface area contributed by atoms with Gasteiger partial charge in [0.2, 0.25) is 0 Å². The van der Waals surface area contributed by atoms with Gasteiger partial charge in [0, 0.05) is 18.8 Å². The Balaban J connectivity index is 1.77. The Hall–Kier alpha value is -1.87. The first-order chi connectivity index (χ1) is 10.3. The van der Waals surface area contributed by atoms with Crippen LogP contribution in [0.1, 0.15) is 41.3 Å². The molecule has 1 heterocycles. The van der Waals surface area contributed by atoms with Gasteiger partial charge in [-0.2, -0.15) is 0 Å². The summed E-state index contributed by atoms with van der Waals surface area (Å²) < 4.78 is 5.37. The summed E-state index contributed by atoms with van der Waals surface area (Å²) in [5.74, 6) is 0.941. The monoisotopic (exact) mass is 282 g/mol. The van der Waals surface area contributed by atoms with E-state index in [1.54, 1.807) is 7.11 Å². The predicted molar refractivity (Wildman–Crippen MR) is 84.5 cm³/mol. The molecule has 1 unspecified atom stereocenters. The third-order valence-electron chi connectivity index (χ3n) is 4.30. The molecule has 0 aliphatic heterocycles. The fourth-order valence-corrected chi connectivity index (χ4v) is 3.04. The molecule has 1 aromatic heterocycles. The van der Waals surface area contributed by atoms with Crippen LogP contribution < -0.4 is 10.1 Å². The Morgan fingerprint density at radius 2 is 2.24 bits per heavy atom. The van der Waals surface area contributed by atoms with Gasteiger partial charge in [0.1, 0.15) is 5.75 Å². The summed E-state index contributed by atoms with van der Waals surface area (Å²) in [4.78, 5) is 4.47. The molecule has 1 atom stereocenters. The van der Waals surface area contributed by atoms with Crippen molar-refractivity contribution in [3.8, 4) is 5.75 Å². The molecule has 0 radical (unpaired) electrons. The van der Waals surface area contributed by atoms with Crippen molar-refractivity contribution in [1.29, 1.82) is 0 Å². The molecule has 1 aliphatic carbocycles. The van der Waals surface area contributed by atoms with E-state index in [0.717, 1.165) is 18.0 Å². The van der Waals surface area contributed by atoms with Crippen molar-refractivity contribution in [3.05, 3.63) is 58.9 Å². The van der Waals surface area contributed by atoms with Crippen LogP contribution in [0.15, 0.2) is 36.5 Å². The first kappa shape index (κ1) is 14.1. The van der Waals surface area contributed by atoms with Crippen molar-refractivity contribution < 1.29 is 4.74 Å². The zero-order valence-electron chi connectivity index (χ0n) is 12.7. The number of pyridine rings is 1. The Morgan fingerprint density at radius 3 is 3.05 bits per heavy atom. The average molecular weight is 282 g/mol. The molecule has 3 rings (SSSR count). The van der Waals surface area contributed by atoms with Crippen LogP contribution in [-0.2, 0) is 13.0 Å². The molecule has 0 saturated heterocycles. The number of hydrogen-bond acceptors (Lipinski definition) is 3. The molecule has 1 aromatic carbocycles. The maximum Gasteiger partial charge on any atom is 0.119 e. The SMILES string of the molecule is COc1ccc2c(c1)C(NCc1ncccc1C)CCC2. The van der Waals surface area contributed by atoms with Crippen molar-refractivity contribution in [3.63, 3.8) is 0 Å². The summed E-state index contributed by atoms with van der Waals surface area (Å²) in [5.41, 5.74) is 5.20. The van der Waals surface area contributed by atoms with Gasteiger partial charge in [-0.3, -0.25) is 4.98 Å². The molecule has 1 N–H and O–H groups in total. The van der Waals surface area contributed by atoms with Crippen molar-refractivity contribution in [2.24, 2.45) is 0 Å². The van der Waals surface area contributed by atoms with E-state index in [1.165, 1.54) is 36.0 Å². The molecule has 0 fully saturated rings. The molecule has 2 aromatic rings. The number of methoxy groups -OCH3 is 1. The molecule has 0 amide bonds. The highest BCUT2D eigenvalue weighted by atomic mass is 16.5. The van der Waals surface area contributed by atoms with E-state index in [9.17, 15) is 0 Å². The number of hydrogen-bond donors (Lipinski definition) is 1. The summed E-state index contributed by atoms with van der Waals surface area (Å²) in [5, 5.41) is 3.67. The van der Waals surface area contributed by atoms with Gasteiger partial charge in [-0.1, -0.05) is 12.1 Å². The second-order valence-electron chi connectivity index (χ2n) is 5.66. The van der Waals surface area contributed by atoms with Crippen LogP contribution in [0.5, 0.6) is 5.75 Å². The zero-order chi connectivity index (χ0) is 14.7. The highest BCUT2D eigenvalue weighted by Gasteiger charge is 2.20. The van der Waals surface area contributed by atoms with Crippen LogP contribution in [0.2, 0.25) is 0 Å². The quantitative estimate of drug-likeness (QED) is 0.931. The third kappa shape index (κ3) is 3.08. The molecule has 21 heavy (non-hydrogen) atoms. The summed E-state index contributed by atoms with van der Waals surface area (Å²) in [6.07, 6.45) is 5.44. The van der Waals surface area contributed by atoms with E-state index >= 15 is 0 Å². The number of aryl methyl sites for hydroxylation is 2. The number of nitrogens with one attached hydrogen (secondary N) is 1. The minimum atomic E-state index is 0.394. The Kier molecular flexibility index (Phi) is 4.20. The molecule has 3 nitrogen and oxygen atoms in total. The largest absolute Gasteiger partial charge is 0.497 e. The number of fused-ring (bicyclic) bond motifs is 1. The van der Waals surface area contributed by atoms with Crippen LogP contribution in [0.4, 0.5) is 0 Å². The van der Waals surface area contributed by atoms with E-state index in [0.29, 0.717) is 6.04 Å². The topological polar surface area (TPSA) is 34.1 Å². The van der Waals surface area contributed by atoms with Gasteiger partial charge < -0.3 is 10.1 Å². The van der Waals surface area contributed by atoms with Gasteiger partial charge in [0.25, 0.3) is 0 Å². The third-order valence-corrected chi connectivity index (χ3v) is 4.30. The molecule has 0 spiro atoms. The zero-order valence-corrected chi connectivity index (χ0v) is 12.7. The standard InChI is InChI=1S/C18H22N2O/c1-13-5-4-10-19-18(13)12-20-17-7-3-6-14-8-9-15(21-2)11-16(14)17/h4-5,8-11,17,20H,3,6-7,12H2,1-2H3. The van der Waals surface area contributed by atoms with Gasteiger partial charge in [0.15, 0.2) is 0 Å². The smallest absolute Gasteiger partial charge is 0.119 e. The number of aromatic nitrogens is 1. The van der Waals surface area contributed by atoms with Gasteiger partial charge in [-0.05, 0) is 61.1 Å². The summed E-state index contributed by atoms with van der Waals surface area (Å²) in [7, 11) is 1.73. The Bertz CT molecular complexity index is 624. The first-order valence-corrected chi connectivity index (χ1v) is 7.58. The van der Waals surface area contributed by atoms with Gasteiger partial charge in [-0.25, -0.2) is 0 Å². The second kappa shape index (κ2) is 6.27. The van der Waals surface area contributed by atoms with E-state index in [-0.39, 0.29) is 0 Å². The van der Waals surface area contributed by atoms with Crippen molar-refractivity contribution in [2.75, 3.05) is 7.11 Å². The summed E-state index contributed by atoms with van der Waals surface area (Å²) in [6, 6.07) is 10.9. The lowest BCUT2D eigenvalue weighted by molar-refractivity contribution is 0.408. The van der Waals surface area contributed by atoms with Crippen LogP contribution in [0, 0.1) is 6.92 Å². The number of benzene rings is 1. The number of ether oxygens (including phenoxy) is 1. The van der Waals surface area contributed by atoms with Crippen LogP contribution in [0.3, 0.4) is 0 Å². The fraction of sp³-hybridized carbons (Fsp3) is 0.389. The fourth-order valence-electron chi connectivity index (χ4n) is 3.04. The molecule has 0 saturated carbocycles. The number of nitrogens with zero attached hydrogens (tertiary/aromatic N) is 1. The summed E-state index contributed by atoms with van der Waals surface area (Å²) in [6.45, 7) is 2.93. The molecular formula is C18H22N2O. The molecule has 1 aliphatic rings. The first-order valence-electron chi connectivity index (χ1n) is 7.58. The van der Waals surface area contributed by atoms with Crippen molar-refractivity contribution >= 4 is 0 Å². The van der Waals surface area contributed by atoms with Gasteiger partial charge in [0.05, 0.1) is 12.8 Å². The van der Waals surface area contributed by atoms with E-state index in [1.807, 2.05) is 12.3 Å². The van der Waals surface area contributed by atoms with E-state index in [2.05, 4.69) is 41.5 Å². The number of rotatable bonds is 4. The Morgan fingerprint density at radius 1 is 1.33 bits per heavy atom. The lowest BCUT2D eigenvalue weighted by Crippen LogP contribution is -2.25. The summed E-state index contributed by atoms with van der Waals surface area (Å²) >= 11 is 0. The molecule has 110 valence electrons. The van der Waals surface area contributed by atoms with Gasteiger partial charge in [-0.15, -0.1) is 0 Å². The van der Waals surface area contributed by atoms with Crippen LogP contribution in [0.25, 0.3) is 0 Å².